The van der Waals surface area contributed by atoms with Crippen molar-refractivity contribution in [1.29, 1.82) is 0 Å². The van der Waals surface area contributed by atoms with Crippen LogP contribution in [-0.2, 0) is 0 Å². The fraction of sp³-hybridized carbons (Fsp3) is 0.500. The van der Waals surface area contributed by atoms with Crippen LogP contribution in [0.1, 0.15) is 28.8 Å². The van der Waals surface area contributed by atoms with Gasteiger partial charge in [0.25, 0.3) is 5.91 Å². The van der Waals surface area contributed by atoms with Gasteiger partial charge < -0.3 is 10.2 Å². The fourth-order valence-electron chi connectivity index (χ4n) is 1.88. The third-order valence-electron chi connectivity index (χ3n) is 3.35. The van der Waals surface area contributed by atoms with Gasteiger partial charge in [-0.25, -0.2) is 0 Å². The van der Waals surface area contributed by atoms with Crippen LogP contribution in [0.2, 0.25) is 0 Å². The maximum atomic E-state index is 11.9. The lowest BCUT2D eigenvalue weighted by atomic mass is 10.1. The summed E-state index contributed by atoms with van der Waals surface area (Å²) < 4.78 is 0.977. The molecule has 0 spiro atoms. The molecule has 0 heterocycles. The second kappa shape index (κ2) is 5.85. The fourth-order valence-corrected chi connectivity index (χ4v) is 2.26. The molecule has 1 amide bonds. The number of carbonyl (C=O) groups is 1. The molecule has 18 heavy (non-hydrogen) atoms. The largest absolute Gasteiger partial charge is 0.351 e. The zero-order valence-electron chi connectivity index (χ0n) is 10.9. The topological polar surface area (TPSA) is 32.3 Å². The third kappa shape index (κ3) is 3.56. The highest BCUT2D eigenvalue weighted by atomic mass is 79.9. The minimum absolute atomic E-state index is 0.0000954. The molecule has 1 aromatic carbocycles. The number of halogens is 1. The van der Waals surface area contributed by atoms with Crippen LogP contribution in [0, 0.1) is 6.92 Å². The molecule has 0 saturated heterocycles. The summed E-state index contributed by atoms with van der Waals surface area (Å²) in [7, 11) is 2.12. The number of benzene rings is 1. The van der Waals surface area contributed by atoms with Gasteiger partial charge in [0.15, 0.2) is 0 Å². The SMILES string of the molecule is Cc1ccc(C(=O)NCCN(C)C2CC2)cc1Br. The predicted molar refractivity (Wildman–Crippen MR) is 76.9 cm³/mol. The second-order valence-electron chi connectivity index (χ2n) is 4.93. The normalized spacial score (nSPS) is 14.9. The molecule has 0 atom stereocenters. The lowest BCUT2D eigenvalue weighted by Gasteiger charge is -2.15. The Morgan fingerprint density at radius 1 is 1.50 bits per heavy atom. The summed E-state index contributed by atoms with van der Waals surface area (Å²) in [6.07, 6.45) is 2.60. The zero-order chi connectivity index (χ0) is 13.1. The number of hydrogen-bond acceptors (Lipinski definition) is 2. The van der Waals surface area contributed by atoms with Gasteiger partial charge in [-0.05, 0) is 44.5 Å². The van der Waals surface area contributed by atoms with Crippen LogP contribution >= 0.6 is 15.9 Å². The van der Waals surface area contributed by atoms with Gasteiger partial charge in [-0.15, -0.1) is 0 Å². The Hall–Kier alpha value is -0.870. The highest BCUT2D eigenvalue weighted by Gasteiger charge is 2.25. The third-order valence-corrected chi connectivity index (χ3v) is 4.21. The average Bonchev–Trinajstić information content (AvgIpc) is 3.16. The molecule has 0 aromatic heterocycles. The minimum Gasteiger partial charge on any atom is -0.351 e. The van der Waals surface area contributed by atoms with E-state index < -0.39 is 0 Å². The number of likely N-dealkylation sites (N-methyl/N-ethyl adjacent to an activating group) is 1. The first-order valence-electron chi connectivity index (χ1n) is 6.32. The van der Waals surface area contributed by atoms with E-state index in [9.17, 15) is 4.79 Å². The van der Waals surface area contributed by atoms with Gasteiger partial charge in [-0.3, -0.25) is 4.79 Å². The Morgan fingerprint density at radius 2 is 2.22 bits per heavy atom. The molecule has 98 valence electrons. The number of nitrogens with zero attached hydrogens (tertiary/aromatic N) is 1. The van der Waals surface area contributed by atoms with Gasteiger partial charge in [0.1, 0.15) is 0 Å². The first-order valence-corrected chi connectivity index (χ1v) is 7.12. The highest BCUT2D eigenvalue weighted by molar-refractivity contribution is 9.10. The van der Waals surface area contributed by atoms with Crippen LogP contribution < -0.4 is 5.32 Å². The van der Waals surface area contributed by atoms with Crippen molar-refractivity contribution in [1.82, 2.24) is 10.2 Å². The minimum atomic E-state index is -0.0000954. The van der Waals surface area contributed by atoms with Crippen molar-refractivity contribution in [3.05, 3.63) is 33.8 Å². The van der Waals surface area contributed by atoms with Crippen LogP contribution in [0.4, 0.5) is 0 Å². The van der Waals surface area contributed by atoms with E-state index in [2.05, 4.69) is 33.2 Å². The van der Waals surface area contributed by atoms with E-state index in [0.29, 0.717) is 12.1 Å². The van der Waals surface area contributed by atoms with E-state index in [4.69, 9.17) is 0 Å². The molecular formula is C14H19BrN2O. The number of carbonyl (C=O) groups excluding carboxylic acids is 1. The van der Waals surface area contributed by atoms with Crippen molar-refractivity contribution in [2.45, 2.75) is 25.8 Å². The van der Waals surface area contributed by atoms with Crippen LogP contribution in [0.25, 0.3) is 0 Å². The van der Waals surface area contributed by atoms with E-state index in [0.717, 1.165) is 22.6 Å². The molecule has 1 N–H and O–H groups in total. The van der Waals surface area contributed by atoms with E-state index >= 15 is 0 Å². The number of aryl methyl sites for hydroxylation is 1. The highest BCUT2D eigenvalue weighted by Crippen LogP contribution is 2.24. The molecule has 1 fully saturated rings. The standard InChI is InChI=1S/C14H19BrN2O/c1-10-3-4-11(9-13(10)15)14(18)16-7-8-17(2)12-5-6-12/h3-4,9,12H,5-8H2,1-2H3,(H,16,18). The molecule has 0 unspecified atom stereocenters. The Labute approximate surface area is 117 Å². The van der Waals surface area contributed by atoms with Crippen molar-refractivity contribution in [3.63, 3.8) is 0 Å². The number of rotatable bonds is 5. The van der Waals surface area contributed by atoms with Crippen molar-refractivity contribution in [3.8, 4) is 0 Å². The van der Waals surface area contributed by atoms with Crippen molar-refractivity contribution < 1.29 is 4.79 Å². The molecule has 1 aliphatic rings. The molecular weight excluding hydrogens is 292 g/mol. The first-order chi connectivity index (χ1) is 8.58. The number of nitrogens with one attached hydrogen (secondary N) is 1. The van der Waals surface area contributed by atoms with Gasteiger partial charge in [0.05, 0.1) is 0 Å². The second-order valence-corrected chi connectivity index (χ2v) is 5.79. The molecule has 1 aliphatic carbocycles. The summed E-state index contributed by atoms with van der Waals surface area (Å²) in [5.74, 6) is -0.0000954. The van der Waals surface area contributed by atoms with Gasteiger partial charge in [-0.1, -0.05) is 22.0 Å². The van der Waals surface area contributed by atoms with Crippen LogP contribution in [-0.4, -0.2) is 37.0 Å². The molecule has 0 radical (unpaired) electrons. The van der Waals surface area contributed by atoms with E-state index in [1.54, 1.807) is 0 Å². The summed E-state index contributed by atoms with van der Waals surface area (Å²) in [5.41, 5.74) is 1.85. The van der Waals surface area contributed by atoms with Crippen molar-refractivity contribution in [2.75, 3.05) is 20.1 Å². The van der Waals surface area contributed by atoms with Crippen molar-refractivity contribution >= 4 is 21.8 Å². The van der Waals surface area contributed by atoms with Gasteiger partial charge >= 0.3 is 0 Å². The number of amides is 1. The molecule has 1 aromatic rings. The zero-order valence-corrected chi connectivity index (χ0v) is 12.5. The van der Waals surface area contributed by atoms with E-state index in [1.807, 2.05) is 25.1 Å². The Balaban J connectivity index is 1.81. The summed E-state index contributed by atoms with van der Waals surface area (Å²) in [6, 6.07) is 6.43. The van der Waals surface area contributed by atoms with Gasteiger partial charge in [0.2, 0.25) is 0 Å². The van der Waals surface area contributed by atoms with E-state index in [-0.39, 0.29) is 5.91 Å². The maximum Gasteiger partial charge on any atom is 0.251 e. The van der Waals surface area contributed by atoms with Gasteiger partial charge in [-0.2, -0.15) is 0 Å². The first kappa shape index (κ1) is 13.6. The Kier molecular flexibility index (Phi) is 4.40. The molecule has 2 rings (SSSR count). The molecule has 4 heteroatoms. The van der Waals surface area contributed by atoms with Crippen molar-refractivity contribution in [2.24, 2.45) is 0 Å². The Bertz CT molecular complexity index is 443. The lowest BCUT2D eigenvalue weighted by molar-refractivity contribution is 0.0949. The van der Waals surface area contributed by atoms with Crippen LogP contribution in [0.3, 0.4) is 0 Å². The number of hydrogen-bond donors (Lipinski definition) is 1. The van der Waals surface area contributed by atoms with Gasteiger partial charge in [0, 0.05) is 29.2 Å². The summed E-state index contributed by atoms with van der Waals surface area (Å²) in [4.78, 5) is 14.2. The quantitative estimate of drug-likeness (QED) is 0.906. The van der Waals surface area contributed by atoms with E-state index in [1.165, 1.54) is 12.8 Å². The maximum absolute atomic E-state index is 11.9. The smallest absolute Gasteiger partial charge is 0.251 e. The van der Waals surface area contributed by atoms with Crippen LogP contribution in [0.5, 0.6) is 0 Å². The summed E-state index contributed by atoms with van der Waals surface area (Å²) >= 11 is 3.44. The summed E-state index contributed by atoms with van der Waals surface area (Å²) in [6.45, 7) is 3.64. The Morgan fingerprint density at radius 3 is 2.83 bits per heavy atom. The lowest BCUT2D eigenvalue weighted by Crippen LogP contribution is -2.33. The molecule has 3 nitrogen and oxygen atoms in total. The summed E-state index contributed by atoms with van der Waals surface area (Å²) in [5, 5.41) is 2.96. The molecule has 0 bridgehead atoms. The monoisotopic (exact) mass is 310 g/mol. The predicted octanol–water partition coefficient (Wildman–Crippen LogP) is 2.58. The molecule has 0 aliphatic heterocycles. The molecule has 1 saturated carbocycles. The average molecular weight is 311 g/mol. The van der Waals surface area contributed by atoms with Crippen LogP contribution in [0.15, 0.2) is 22.7 Å².